The fraction of sp³-hybridized carbons (Fsp3) is 0.634. The van der Waals surface area contributed by atoms with E-state index in [1.165, 1.54) is 0 Å². The number of aliphatic hydroxyl groups excluding tert-OH is 1. The molecule has 0 bridgehead atoms. The minimum Gasteiger partial charge on any atom is -0.756 e. The van der Waals surface area contributed by atoms with E-state index in [1.807, 2.05) is 27.2 Å². The number of carbonyl (C=O) groups is 1. The highest BCUT2D eigenvalue weighted by atomic mass is 31.2. The van der Waals surface area contributed by atoms with Crippen molar-refractivity contribution in [1.29, 1.82) is 0 Å². The highest BCUT2D eigenvalue weighted by Crippen LogP contribution is 2.38. The lowest BCUT2D eigenvalue weighted by Crippen LogP contribution is -2.45. The SMILES string of the molecule is CC/C=C\C/C=C\C/C=C\C/C=C\CCCCCCC(=O)NC(COP(=O)([O-])OCC[N+](C)(C)C)C(O)/C=C/CC/C=C/CC/C=C/CCC. The molecule has 0 saturated heterocycles. The Bertz CT molecular complexity index is 1090. The van der Waals surface area contributed by atoms with E-state index in [1.54, 1.807) is 6.08 Å². The van der Waals surface area contributed by atoms with Crippen LogP contribution in [0.4, 0.5) is 0 Å². The summed E-state index contributed by atoms with van der Waals surface area (Å²) in [5.41, 5.74) is 0. The molecule has 0 heterocycles. The molecule has 0 saturated carbocycles. The quantitative estimate of drug-likeness (QED) is 0.0311. The molecule has 0 radical (unpaired) electrons. The lowest BCUT2D eigenvalue weighted by molar-refractivity contribution is -0.870. The van der Waals surface area contributed by atoms with Gasteiger partial charge in [-0.3, -0.25) is 9.36 Å². The zero-order chi connectivity index (χ0) is 37.2. The predicted molar refractivity (Wildman–Crippen MR) is 210 cm³/mol. The summed E-state index contributed by atoms with van der Waals surface area (Å²) in [7, 11) is 1.19. The molecule has 2 N–H and O–H groups in total. The van der Waals surface area contributed by atoms with Crippen molar-refractivity contribution >= 4 is 13.7 Å². The van der Waals surface area contributed by atoms with Crippen LogP contribution in [0.2, 0.25) is 0 Å². The van der Waals surface area contributed by atoms with Gasteiger partial charge in [-0.15, -0.1) is 0 Å². The first-order chi connectivity index (χ1) is 24.0. The topological polar surface area (TPSA) is 108 Å². The van der Waals surface area contributed by atoms with Gasteiger partial charge in [-0.25, -0.2) is 0 Å². The maximum absolute atomic E-state index is 12.8. The maximum atomic E-state index is 12.8. The summed E-state index contributed by atoms with van der Waals surface area (Å²) in [5, 5.41) is 13.6. The fourth-order valence-corrected chi connectivity index (χ4v) is 5.25. The van der Waals surface area contributed by atoms with Gasteiger partial charge in [0.2, 0.25) is 5.91 Å². The molecule has 0 rings (SSSR count). The van der Waals surface area contributed by atoms with Crippen LogP contribution in [0.3, 0.4) is 0 Å². The number of nitrogens with zero attached hydrogens (tertiary/aromatic N) is 1. The lowest BCUT2D eigenvalue weighted by atomic mass is 10.1. The van der Waals surface area contributed by atoms with Crippen molar-refractivity contribution in [2.24, 2.45) is 0 Å². The normalized spacial score (nSPS) is 15.6. The molecule has 0 aromatic heterocycles. The van der Waals surface area contributed by atoms with Gasteiger partial charge in [0.05, 0.1) is 39.9 Å². The van der Waals surface area contributed by atoms with Gasteiger partial charge < -0.3 is 28.8 Å². The van der Waals surface area contributed by atoms with E-state index in [9.17, 15) is 19.4 Å². The molecule has 0 aliphatic heterocycles. The Kier molecular flexibility index (Phi) is 31.1. The molecule has 9 heteroatoms. The van der Waals surface area contributed by atoms with Gasteiger partial charge in [0, 0.05) is 6.42 Å². The highest BCUT2D eigenvalue weighted by molar-refractivity contribution is 7.45. The molecule has 3 atom stereocenters. The van der Waals surface area contributed by atoms with Crippen molar-refractivity contribution in [2.75, 3.05) is 40.9 Å². The van der Waals surface area contributed by atoms with Gasteiger partial charge in [0.15, 0.2) is 0 Å². The van der Waals surface area contributed by atoms with Crippen LogP contribution in [-0.2, 0) is 18.4 Å². The van der Waals surface area contributed by atoms with Gasteiger partial charge in [-0.2, -0.15) is 0 Å². The van der Waals surface area contributed by atoms with Crippen LogP contribution in [0.25, 0.3) is 0 Å². The average Bonchev–Trinajstić information content (AvgIpc) is 3.06. The molecule has 0 aromatic carbocycles. The minimum atomic E-state index is -4.60. The first-order valence-corrected chi connectivity index (χ1v) is 20.4. The first-order valence-electron chi connectivity index (χ1n) is 18.9. The number of hydrogen-bond acceptors (Lipinski definition) is 6. The number of amides is 1. The van der Waals surface area contributed by atoms with E-state index in [0.29, 0.717) is 23.9 Å². The van der Waals surface area contributed by atoms with Gasteiger partial charge in [0.1, 0.15) is 13.2 Å². The van der Waals surface area contributed by atoms with E-state index in [2.05, 4.69) is 92.1 Å². The molecular formula is C41H71N2O6P. The molecule has 0 aromatic rings. The summed E-state index contributed by atoms with van der Waals surface area (Å²) in [6.07, 6.45) is 43.5. The van der Waals surface area contributed by atoms with E-state index >= 15 is 0 Å². The molecule has 3 unspecified atom stereocenters. The van der Waals surface area contributed by atoms with Crippen molar-refractivity contribution in [3.05, 3.63) is 85.1 Å². The third kappa shape index (κ3) is 34.1. The summed E-state index contributed by atoms with van der Waals surface area (Å²) >= 11 is 0. The molecule has 0 spiro atoms. The summed E-state index contributed by atoms with van der Waals surface area (Å²) in [6.45, 7) is 4.36. The number of carbonyl (C=O) groups excluding carboxylic acids is 1. The first kappa shape index (κ1) is 47.7. The third-order valence-electron chi connectivity index (χ3n) is 7.55. The second-order valence-corrected chi connectivity index (χ2v) is 14.9. The highest BCUT2D eigenvalue weighted by Gasteiger charge is 2.23. The summed E-state index contributed by atoms with van der Waals surface area (Å²) in [6, 6.07) is -0.924. The van der Waals surface area contributed by atoms with Crippen LogP contribution in [0, 0.1) is 0 Å². The Balaban J connectivity index is 4.63. The van der Waals surface area contributed by atoms with Gasteiger partial charge in [0.25, 0.3) is 7.82 Å². The van der Waals surface area contributed by atoms with E-state index in [4.69, 9.17) is 9.05 Å². The minimum absolute atomic E-state index is 0.0193. The smallest absolute Gasteiger partial charge is 0.268 e. The zero-order valence-corrected chi connectivity index (χ0v) is 32.9. The van der Waals surface area contributed by atoms with Crippen molar-refractivity contribution in [1.82, 2.24) is 5.32 Å². The standard InChI is InChI=1S/C41H71N2O6P/c1-6-8-10-12-14-16-18-19-20-21-22-23-25-27-29-31-33-35-41(45)42-39(38-49-50(46,47)48-37-36-43(3,4)5)40(44)34-32-30-28-26-24-17-15-13-11-9-7-2/h8,10-11,13-14,16,19-20,22-24,26,32,34,39-40,44H,6-7,9,12,15,17-18,21,25,27-31,33,35-38H2,1-5H3,(H-,42,45,46,47)/b10-8-,13-11+,16-14-,20-19-,23-22-,26-24+,34-32+. The molecule has 0 aliphatic carbocycles. The Hall–Kier alpha value is -2.32. The average molecular weight is 719 g/mol. The number of allylic oxidation sites excluding steroid dienone is 13. The number of nitrogens with one attached hydrogen (secondary N) is 1. The van der Waals surface area contributed by atoms with E-state index < -0.39 is 26.6 Å². The summed E-state index contributed by atoms with van der Waals surface area (Å²) < 4.78 is 23.0. The Morgan fingerprint density at radius 3 is 1.82 bits per heavy atom. The van der Waals surface area contributed by atoms with Crippen LogP contribution in [0.1, 0.15) is 117 Å². The van der Waals surface area contributed by atoms with Crippen molar-refractivity contribution in [3.8, 4) is 0 Å². The largest absolute Gasteiger partial charge is 0.756 e. The van der Waals surface area contributed by atoms with Crippen LogP contribution >= 0.6 is 7.82 Å². The number of hydrogen-bond donors (Lipinski definition) is 2. The van der Waals surface area contributed by atoms with Crippen molar-refractivity contribution in [2.45, 2.75) is 129 Å². The number of rotatable bonds is 32. The second kappa shape index (κ2) is 32.6. The van der Waals surface area contributed by atoms with Gasteiger partial charge in [-0.1, -0.05) is 118 Å². The summed E-state index contributed by atoms with van der Waals surface area (Å²) in [5.74, 6) is -0.243. The van der Waals surface area contributed by atoms with Crippen LogP contribution in [0.5, 0.6) is 0 Å². The van der Waals surface area contributed by atoms with Gasteiger partial charge in [-0.05, 0) is 77.0 Å². The van der Waals surface area contributed by atoms with Crippen molar-refractivity contribution in [3.63, 3.8) is 0 Å². The second-order valence-electron chi connectivity index (χ2n) is 13.5. The van der Waals surface area contributed by atoms with Crippen LogP contribution < -0.4 is 10.2 Å². The molecule has 0 aliphatic rings. The molecule has 286 valence electrons. The number of aliphatic hydroxyl groups is 1. The summed E-state index contributed by atoms with van der Waals surface area (Å²) in [4.78, 5) is 25.1. The van der Waals surface area contributed by atoms with Gasteiger partial charge >= 0.3 is 0 Å². The molecule has 1 amide bonds. The molecule has 8 nitrogen and oxygen atoms in total. The third-order valence-corrected chi connectivity index (χ3v) is 8.51. The molecule has 0 fully saturated rings. The van der Waals surface area contributed by atoms with Crippen LogP contribution in [-0.4, -0.2) is 68.5 Å². The Morgan fingerprint density at radius 1 is 0.720 bits per heavy atom. The maximum Gasteiger partial charge on any atom is 0.268 e. The van der Waals surface area contributed by atoms with Crippen LogP contribution in [0.15, 0.2) is 85.1 Å². The number of likely N-dealkylation sites (N-methyl/N-ethyl adjacent to an activating group) is 1. The van der Waals surface area contributed by atoms with Crippen molar-refractivity contribution < 1.29 is 32.9 Å². The molecule has 50 heavy (non-hydrogen) atoms. The van der Waals surface area contributed by atoms with E-state index in [-0.39, 0.29) is 12.5 Å². The Morgan fingerprint density at radius 2 is 1.24 bits per heavy atom. The number of quaternary nitrogens is 1. The lowest BCUT2D eigenvalue weighted by Gasteiger charge is -2.29. The fourth-order valence-electron chi connectivity index (χ4n) is 4.53. The monoisotopic (exact) mass is 719 g/mol. The predicted octanol–water partition coefficient (Wildman–Crippen LogP) is 9.21. The van der Waals surface area contributed by atoms with E-state index in [0.717, 1.165) is 89.9 Å². The Labute approximate surface area is 306 Å². The number of phosphoric ester groups is 1. The number of phosphoric acid groups is 1. The number of unbranched alkanes of at least 4 members (excludes halogenated alkanes) is 7. The zero-order valence-electron chi connectivity index (χ0n) is 32.1. The molecular weight excluding hydrogens is 647 g/mol.